The van der Waals surface area contributed by atoms with Crippen molar-refractivity contribution in [3.63, 3.8) is 0 Å². The Morgan fingerprint density at radius 2 is 1.93 bits per heavy atom. The summed E-state index contributed by atoms with van der Waals surface area (Å²) in [5, 5.41) is 1.51. The van der Waals surface area contributed by atoms with Crippen LogP contribution in [0.3, 0.4) is 0 Å². The van der Waals surface area contributed by atoms with Crippen molar-refractivity contribution in [1.29, 1.82) is 0 Å². The lowest BCUT2D eigenvalue weighted by Crippen LogP contribution is -2.37. The Labute approximate surface area is 76.2 Å². The summed E-state index contributed by atoms with van der Waals surface area (Å²) in [6.07, 6.45) is -5.05. The molecule has 0 heterocycles. The highest BCUT2D eigenvalue weighted by molar-refractivity contribution is 5.81. The number of hydrogen-bond acceptors (Lipinski definition) is 2. The molecule has 14 heavy (non-hydrogen) atoms. The minimum atomic E-state index is -4.94. The predicted octanol–water partition coefficient (Wildman–Crippen LogP) is 1.29. The number of alkyl halides is 5. The zero-order valence-corrected chi connectivity index (χ0v) is 6.90. The summed E-state index contributed by atoms with van der Waals surface area (Å²) < 4.78 is 61.0. The summed E-state index contributed by atoms with van der Waals surface area (Å²) in [7, 11) is 0. The SMILES string of the molecule is O=C(NCCCOC(F)F)C(F)(F)F. The Morgan fingerprint density at radius 1 is 1.36 bits per heavy atom. The average Bonchev–Trinajstić information content (AvgIpc) is 2.01. The first-order chi connectivity index (χ1) is 6.34. The first-order valence-corrected chi connectivity index (χ1v) is 3.59. The summed E-state index contributed by atoms with van der Waals surface area (Å²) >= 11 is 0. The molecule has 0 aromatic heterocycles. The minimum Gasteiger partial charge on any atom is -0.348 e. The molecule has 1 N–H and O–H groups in total. The average molecular weight is 221 g/mol. The van der Waals surface area contributed by atoms with Gasteiger partial charge in [0.15, 0.2) is 0 Å². The van der Waals surface area contributed by atoms with Gasteiger partial charge in [-0.3, -0.25) is 4.79 Å². The quantitative estimate of drug-likeness (QED) is 0.561. The van der Waals surface area contributed by atoms with Gasteiger partial charge in [0.2, 0.25) is 0 Å². The zero-order chi connectivity index (χ0) is 11.2. The molecular weight excluding hydrogens is 213 g/mol. The van der Waals surface area contributed by atoms with E-state index in [1.807, 2.05) is 0 Å². The zero-order valence-electron chi connectivity index (χ0n) is 6.90. The number of nitrogens with one attached hydrogen (secondary N) is 1. The topological polar surface area (TPSA) is 38.3 Å². The highest BCUT2D eigenvalue weighted by Gasteiger charge is 2.38. The van der Waals surface area contributed by atoms with E-state index in [9.17, 15) is 26.7 Å². The fraction of sp³-hybridized carbons (Fsp3) is 0.833. The van der Waals surface area contributed by atoms with Crippen molar-refractivity contribution in [3.05, 3.63) is 0 Å². The van der Waals surface area contributed by atoms with Crippen LogP contribution in [0.1, 0.15) is 6.42 Å². The van der Waals surface area contributed by atoms with Crippen LogP contribution in [0.5, 0.6) is 0 Å². The van der Waals surface area contributed by atoms with Gasteiger partial charge >= 0.3 is 18.7 Å². The summed E-state index contributed by atoms with van der Waals surface area (Å²) in [5.41, 5.74) is 0. The van der Waals surface area contributed by atoms with Crippen LogP contribution in [-0.4, -0.2) is 31.8 Å². The first kappa shape index (κ1) is 13.1. The molecule has 0 unspecified atom stereocenters. The summed E-state index contributed by atoms with van der Waals surface area (Å²) in [4.78, 5) is 10.1. The lowest BCUT2D eigenvalue weighted by Gasteiger charge is -2.07. The molecule has 0 aliphatic carbocycles. The minimum absolute atomic E-state index is 0.105. The molecule has 3 nitrogen and oxygen atoms in total. The molecule has 0 aromatic rings. The van der Waals surface area contributed by atoms with Crippen LogP contribution < -0.4 is 5.32 Å². The molecule has 0 aliphatic rings. The maximum atomic E-state index is 11.5. The van der Waals surface area contributed by atoms with E-state index in [0.29, 0.717) is 0 Å². The van der Waals surface area contributed by atoms with Gasteiger partial charge in [0.25, 0.3) is 0 Å². The van der Waals surface area contributed by atoms with Gasteiger partial charge in [-0.1, -0.05) is 0 Å². The Bertz CT molecular complexity index is 182. The summed E-state index contributed by atoms with van der Waals surface area (Å²) in [6, 6.07) is 0. The third-order valence-electron chi connectivity index (χ3n) is 1.11. The molecule has 0 fully saturated rings. The Kier molecular flexibility index (Phi) is 5.36. The summed E-state index contributed by atoms with van der Waals surface area (Å²) in [5.74, 6) is -2.09. The smallest absolute Gasteiger partial charge is 0.348 e. The fourth-order valence-corrected chi connectivity index (χ4v) is 0.547. The molecule has 0 rings (SSSR count). The van der Waals surface area contributed by atoms with Gasteiger partial charge in [0, 0.05) is 6.54 Å². The first-order valence-electron chi connectivity index (χ1n) is 3.59. The number of amides is 1. The van der Waals surface area contributed by atoms with Gasteiger partial charge in [0.1, 0.15) is 0 Å². The number of ether oxygens (including phenoxy) is 1. The van der Waals surface area contributed by atoms with Crippen LogP contribution in [0.15, 0.2) is 0 Å². The largest absolute Gasteiger partial charge is 0.471 e. The van der Waals surface area contributed by atoms with Gasteiger partial charge < -0.3 is 10.1 Å². The van der Waals surface area contributed by atoms with Gasteiger partial charge in [0.05, 0.1) is 6.61 Å². The van der Waals surface area contributed by atoms with Crippen LogP contribution in [0.4, 0.5) is 22.0 Å². The van der Waals surface area contributed by atoms with Crippen molar-refractivity contribution in [2.24, 2.45) is 0 Å². The Hall–Kier alpha value is -0.920. The van der Waals surface area contributed by atoms with Crippen LogP contribution in [0, 0.1) is 0 Å². The second-order valence-corrected chi connectivity index (χ2v) is 2.24. The lowest BCUT2D eigenvalue weighted by molar-refractivity contribution is -0.173. The Morgan fingerprint density at radius 3 is 2.36 bits per heavy atom. The Balaban J connectivity index is 3.42. The molecule has 0 saturated heterocycles. The highest BCUT2D eigenvalue weighted by Crippen LogP contribution is 2.13. The fourth-order valence-electron chi connectivity index (χ4n) is 0.547. The van der Waals surface area contributed by atoms with Crippen molar-refractivity contribution in [3.8, 4) is 0 Å². The van der Waals surface area contributed by atoms with Crippen LogP contribution in [-0.2, 0) is 9.53 Å². The predicted molar refractivity (Wildman–Crippen MR) is 35.6 cm³/mol. The molecule has 8 heteroatoms. The molecule has 0 aliphatic heterocycles. The molecule has 84 valence electrons. The van der Waals surface area contributed by atoms with Crippen molar-refractivity contribution in [2.75, 3.05) is 13.2 Å². The number of rotatable bonds is 5. The molecule has 0 aromatic carbocycles. The third-order valence-corrected chi connectivity index (χ3v) is 1.11. The van der Waals surface area contributed by atoms with Crippen molar-refractivity contribution < 1.29 is 31.5 Å². The van der Waals surface area contributed by atoms with Gasteiger partial charge in [-0.2, -0.15) is 22.0 Å². The van der Waals surface area contributed by atoms with E-state index in [2.05, 4.69) is 4.74 Å². The molecule has 0 bridgehead atoms. The van der Waals surface area contributed by atoms with Gasteiger partial charge in [-0.25, -0.2) is 0 Å². The van der Waals surface area contributed by atoms with E-state index in [1.165, 1.54) is 5.32 Å². The number of carbonyl (C=O) groups excluding carboxylic acids is 1. The maximum Gasteiger partial charge on any atom is 0.471 e. The molecule has 0 saturated carbocycles. The normalized spacial score (nSPS) is 11.9. The maximum absolute atomic E-state index is 11.5. The van der Waals surface area contributed by atoms with E-state index in [4.69, 9.17) is 0 Å². The number of hydrogen-bond donors (Lipinski definition) is 1. The van der Waals surface area contributed by atoms with Crippen LogP contribution in [0.25, 0.3) is 0 Å². The highest BCUT2D eigenvalue weighted by atomic mass is 19.4. The second-order valence-electron chi connectivity index (χ2n) is 2.24. The molecule has 0 radical (unpaired) electrons. The molecule has 0 spiro atoms. The van der Waals surface area contributed by atoms with E-state index in [-0.39, 0.29) is 13.0 Å². The van der Waals surface area contributed by atoms with Gasteiger partial charge in [-0.05, 0) is 6.42 Å². The van der Waals surface area contributed by atoms with Crippen LogP contribution >= 0.6 is 0 Å². The van der Waals surface area contributed by atoms with Crippen molar-refractivity contribution in [2.45, 2.75) is 19.2 Å². The molecule has 0 atom stereocenters. The molecule has 1 amide bonds. The van der Waals surface area contributed by atoms with E-state index in [1.54, 1.807) is 0 Å². The standard InChI is InChI=1S/C6H8F5NO2/c7-5(8)14-3-1-2-12-4(13)6(9,10)11/h5H,1-3H2,(H,12,13). The number of carbonyl (C=O) groups is 1. The lowest BCUT2D eigenvalue weighted by atomic mass is 10.4. The van der Waals surface area contributed by atoms with Crippen molar-refractivity contribution in [1.82, 2.24) is 5.32 Å². The monoisotopic (exact) mass is 221 g/mol. The van der Waals surface area contributed by atoms with Gasteiger partial charge in [-0.15, -0.1) is 0 Å². The number of halogens is 5. The van der Waals surface area contributed by atoms with E-state index in [0.717, 1.165) is 0 Å². The third kappa shape index (κ3) is 6.58. The second kappa shape index (κ2) is 5.74. The van der Waals surface area contributed by atoms with E-state index >= 15 is 0 Å². The molecular formula is C6H8F5NO2. The summed E-state index contributed by atoms with van der Waals surface area (Å²) in [6.45, 7) is -3.71. The van der Waals surface area contributed by atoms with Crippen LogP contribution in [0.2, 0.25) is 0 Å². The van der Waals surface area contributed by atoms with E-state index < -0.39 is 25.3 Å². The van der Waals surface area contributed by atoms with Crippen molar-refractivity contribution >= 4 is 5.91 Å².